The number of nitrogens with zero attached hydrogens (tertiary/aromatic N) is 5. The number of hydrogen-bond donors (Lipinski definition) is 0. The van der Waals surface area contributed by atoms with E-state index in [9.17, 15) is 13.2 Å². The summed E-state index contributed by atoms with van der Waals surface area (Å²) in [5.74, 6) is 0.171. The standard InChI is InChI=1S/C28H30ClN5O4S/c1-20(2)39(36,37)33-14-12-32(13-15-33)25-18-31-34(24-5-3-4-23(29)16-24)27(35)26(25)38-19-28(10-11-28)22-8-6-21(17-30)7-9-22/h3-9,16,18,20H,10-15,19H2,1-2H3. The van der Waals surface area contributed by atoms with Gasteiger partial charge in [-0.2, -0.15) is 19.3 Å². The van der Waals surface area contributed by atoms with Crippen molar-refractivity contribution in [3.05, 3.63) is 81.2 Å². The first-order chi connectivity index (χ1) is 18.6. The van der Waals surface area contributed by atoms with Gasteiger partial charge in [0.05, 0.1) is 35.4 Å². The smallest absolute Gasteiger partial charge is 0.316 e. The maximum absolute atomic E-state index is 13.8. The molecule has 204 valence electrons. The molecule has 39 heavy (non-hydrogen) atoms. The van der Waals surface area contributed by atoms with Gasteiger partial charge < -0.3 is 9.64 Å². The van der Waals surface area contributed by atoms with Crippen LogP contribution in [0.1, 0.15) is 37.8 Å². The average Bonchev–Trinajstić information content (AvgIpc) is 3.73. The van der Waals surface area contributed by atoms with Crippen LogP contribution in [0, 0.1) is 11.3 Å². The molecule has 0 unspecified atom stereocenters. The molecule has 0 amide bonds. The number of hydrogen-bond acceptors (Lipinski definition) is 7. The zero-order chi connectivity index (χ0) is 27.8. The molecule has 2 aliphatic rings. The second-order valence-corrected chi connectivity index (χ2v) is 13.2. The molecule has 2 aromatic carbocycles. The first kappa shape index (κ1) is 27.2. The summed E-state index contributed by atoms with van der Waals surface area (Å²) in [6.07, 6.45) is 3.42. The van der Waals surface area contributed by atoms with Crippen LogP contribution in [0.5, 0.6) is 5.75 Å². The molecular formula is C28H30ClN5O4S. The third-order valence-corrected chi connectivity index (χ3v) is 9.99. The molecule has 1 saturated carbocycles. The molecule has 9 nitrogen and oxygen atoms in total. The van der Waals surface area contributed by atoms with Crippen molar-refractivity contribution in [2.24, 2.45) is 0 Å². The predicted octanol–water partition coefficient (Wildman–Crippen LogP) is 3.73. The van der Waals surface area contributed by atoms with Gasteiger partial charge in [0.25, 0.3) is 0 Å². The highest BCUT2D eigenvalue weighted by Crippen LogP contribution is 2.48. The number of sulfonamides is 1. The zero-order valence-corrected chi connectivity index (χ0v) is 23.5. The van der Waals surface area contributed by atoms with Crippen LogP contribution in [-0.4, -0.2) is 60.5 Å². The largest absolute Gasteiger partial charge is 0.485 e. The van der Waals surface area contributed by atoms with Gasteiger partial charge in [-0.15, -0.1) is 0 Å². The highest BCUT2D eigenvalue weighted by Gasteiger charge is 2.45. The Morgan fingerprint density at radius 3 is 2.38 bits per heavy atom. The van der Waals surface area contributed by atoms with Crippen molar-refractivity contribution in [2.75, 3.05) is 37.7 Å². The number of benzene rings is 2. The van der Waals surface area contributed by atoms with E-state index in [0.29, 0.717) is 54.7 Å². The van der Waals surface area contributed by atoms with Crippen molar-refractivity contribution in [2.45, 2.75) is 37.4 Å². The topological polar surface area (TPSA) is 109 Å². The van der Waals surface area contributed by atoms with Gasteiger partial charge in [-0.1, -0.05) is 29.8 Å². The fraction of sp³-hybridized carbons (Fsp3) is 0.393. The molecule has 1 aliphatic heterocycles. The van der Waals surface area contributed by atoms with Crippen molar-refractivity contribution in [1.82, 2.24) is 14.1 Å². The molecule has 3 aromatic rings. The van der Waals surface area contributed by atoms with Crippen LogP contribution >= 0.6 is 11.6 Å². The normalized spacial score (nSPS) is 17.2. The second kappa shape index (κ2) is 10.6. The molecule has 1 aromatic heterocycles. The van der Waals surface area contributed by atoms with Crippen molar-refractivity contribution < 1.29 is 13.2 Å². The van der Waals surface area contributed by atoms with Crippen LogP contribution in [0.15, 0.2) is 59.5 Å². The molecule has 2 heterocycles. The van der Waals surface area contributed by atoms with E-state index in [0.717, 1.165) is 18.4 Å². The van der Waals surface area contributed by atoms with Gasteiger partial charge in [0.1, 0.15) is 5.69 Å². The molecule has 5 rings (SSSR count). The van der Waals surface area contributed by atoms with Gasteiger partial charge >= 0.3 is 5.56 Å². The average molecular weight is 568 g/mol. The lowest BCUT2D eigenvalue weighted by Crippen LogP contribution is -2.50. The molecule has 0 N–H and O–H groups in total. The summed E-state index contributed by atoms with van der Waals surface area (Å²) < 4.78 is 34.4. The van der Waals surface area contributed by atoms with E-state index in [1.54, 1.807) is 56.4 Å². The summed E-state index contributed by atoms with van der Waals surface area (Å²) in [4.78, 5) is 15.7. The number of aromatic nitrogens is 2. The lowest BCUT2D eigenvalue weighted by Gasteiger charge is -2.36. The highest BCUT2D eigenvalue weighted by atomic mass is 35.5. The fourth-order valence-corrected chi connectivity index (χ4v) is 6.29. The van der Waals surface area contributed by atoms with Crippen LogP contribution in [0.2, 0.25) is 5.02 Å². The second-order valence-electron chi connectivity index (χ2n) is 10.3. The van der Waals surface area contributed by atoms with Gasteiger partial charge in [0.15, 0.2) is 0 Å². The monoisotopic (exact) mass is 567 g/mol. The molecule has 2 fully saturated rings. The summed E-state index contributed by atoms with van der Waals surface area (Å²) >= 11 is 6.17. The first-order valence-electron chi connectivity index (χ1n) is 12.9. The Hall–Kier alpha value is -3.39. The molecule has 0 radical (unpaired) electrons. The van der Waals surface area contributed by atoms with E-state index in [-0.39, 0.29) is 11.2 Å². The van der Waals surface area contributed by atoms with Gasteiger partial charge in [-0.05, 0) is 62.6 Å². The first-order valence-corrected chi connectivity index (χ1v) is 14.8. The Morgan fingerprint density at radius 1 is 1.10 bits per heavy atom. The lowest BCUT2D eigenvalue weighted by molar-refractivity contribution is 0.272. The zero-order valence-electron chi connectivity index (χ0n) is 21.9. The molecule has 1 aliphatic carbocycles. The summed E-state index contributed by atoms with van der Waals surface area (Å²) in [5.41, 5.74) is 2.07. The lowest BCUT2D eigenvalue weighted by atomic mass is 9.96. The number of rotatable bonds is 8. The maximum atomic E-state index is 13.8. The number of halogens is 1. The van der Waals surface area contributed by atoms with Crippen LogP contribution in [0.3, 0.4) is 0 Å². The van der Waals surface area contributed by atoms with E-state index in [2.05, 4.69) is 11.2 Å². The third-order valence-electron chi connectivity index (χ3n) is 7.48. The van der Waals surface area contributed by atoms with Crippen LogP contribution < -0.4 is 15.2 Å². The van der Waals surface area contributed by atoms with Gasteiger partial charge in [0.2, 0.25) is 15.8 Å². The van der Waals surface area contributed by atoms with Crippen LogP contribution in [-0.2, 0) is 15.4 Å². The number of anilines is 1. The summed E-state index contributed by atoms with van der Waals surface area (Å²) in [5, 5.41) is 13.5. The minimum Gasteiger partial charge on any atom is -0.485 e. The molecule has 0 bridgehead atoms. The van der Waals surface area contributed by atoms with Gasteiger partial charge in [-0.25, -0.2) is 8.42 Å². The molecule has 1 saturated heterocycles. The Balaban J connectivity index is 1.46. The third kappa shape index (κ3) is 5.39. The minimum absolute atomic E-state index is 0.171. The molecule has 0 atom stereocenters. The molecular weight excluding hydrogens is 538 g/mol. The summed E-state index contributed by atoms with van der Waals surface area (Å²) in [6, 6.07) is 16.5. The number of ether oxygens (including phenoxy) is 1. The van der Waals surface area contributed by atoms with E-state index < -0.39 is 20.8 Å². The summed E-state index contributed by atoms with van der Waals surface area (Å²) in [6.45, 7) is 5.08. The SMILES string of the molecule is CC(C)S(=O)(=O)N1CCN(c2cnn(-c3cccc(Cl)c3)c(=O)c2OCC2(c3ccc(C#N)cc3)CC2)CC1. The summed E-state index contributed by atoms with van der Waals surface area (Å²) in [7, 11) is -3.37. The van der Waals surface area contributed by atoms with E-state index in [1.165, 1.54) is 8.99 Å². The van der Waals surface area contributed by atoms with Crippen molar-refractivity contribution in [1.29, 1.82) is 5.26 Å². The highest BCUT2D eigenvalue weighted by molar-refractivity contribution is 7.89. The van der Waals surface area contributed by atoms with E-state index in [1.807, 2.05) is 17.0 Å². The van der Waals surface area contributed by atoms with Gasteiger partial charge in [0, 0.05) is 36.6 Å². The fourth-order valence-electron chi connectivity index (χ4n) is 4.84. The van der Waals surface area contributed by atoms with E-state index >= 15 is 0 Å². The Bertz CT molecular complexity index is 1570. The van der Waals surface area contributed by atoms with Crippen LogP contribution in [0.4, 0.5) is 5.69 Å². The van der Waals surface area contributed by atoms with E-state index in [4.69, 9.17) is 21.6 Å². The molecule has 11 heteroatoms. The number of piperazine rings is 1. The quantitative estimate of drug-likeness (QED) is 0.408. The van der Waals surface area contributed by atoms with Crippen molar-refractivity contribution in [3.63, 3.8) is 0 Å². The van der Waals surface area contributed by atoms with Crippen molar-refractivity contribution >= 4 is 27.3 Å². The maximum Gasteiger partial charge on any atom is 0.316 e. The van der Waals surface area contributed by atoms with Crippen molar-refractivity contribution in [3.8, 4) is 17.5 Å². The Morgan fingerprint density at radius 2 is 1.79 bits per heavy atom. The Labute approximate surface area is 233 Å². The predicted molar refractivity (Wildman–Crippen MR) is 150 cm³/mol. The van der Waals surface area contributed by atoms with Gasteiger partial charge in [-0.3, -0.25) is 4.79 Å². The minimum atomic E-state index is -3.37. The van der Waals surface area contributed by atoms with Crippen LogP contribution in [0.25, 0.3) is 5.69 Å². The number of nitriles is 1. The molecule has 0 spiro atoms. The Kier molecular flexibility index (Phi) is 7.42.